The van der Waals surface area contributed by atoms with E-state index in [9.17, 15) is 4.79 Å². The third-order valence-electron chi connectivity index (χ3n) is 3.17. The van der Waals surface area contributed by atoms with E-state index in [0.29, 0.717) is 12.1 Å². The maximum Gasteiger partial charge on any atom is 0.253 e. The molecule has 0 unspecified atom stereocenters. The van der Waals surface area contributed by atoms with E-state index >= 15 is 0 Å². The summed E-state index contributed by atoms with van der Waals surface area (Å²) in [6, 6.07) is 11.2. The number of carbonyl (C=O) groups excluding carboxylic acids is 1. The summed E-state index contributed by atoms with van der Waals surface area (Å²) in [6.07, 6.45) is 3.19. The minimum absolute atomic E-state index is 0.0668. The molecule has 1 amide bonds. The first-order valence-electron chi connectivity index (χ1n) is 6.73. The van der Waals surface area contributed by atoms with E-state index in [-0.39, 0.29) is 11.9 Å². The molecule has 21 heavy (non-hydrogen) atoms. The first kappa shape index (κ1) is 13.2. The highest BCUT2D eigenvalue weighted by molar-refractivity contribution is 5.93. The van der Waals surface area contributed by atoms with Crippen molar-refractivity contribution in [3.63, 3.8) is 0 Å². The maximum atomic E-state index is 12.1. The molecule has 0 radical (unpaired) electrons. The van der Waals surface area contributed by atoms with Gasteiger partial charge in [-0.1, -0.05) is 17.3 Å². The van der Waals surface area contributed by atoms with Crippen molar-refractivity contribution in [2.45, 2.75) is 19.5 Å². The van der Waals surface area contributed by atoms with Crippen LogP contribution in [-0.4, -0.2) is 31.9 Å². The number of hydrogen-bond donors (Lipinski definition) is 1. The van der Waals surface area contributed by atoms with Gasteiger partial charge in [0, 0.05) is 18.4 Å². The van der Waals surface area contributed by atoms with Crippen LogP contribution in [0.5, 0.6) is 0 Å². The number of fused-ring (bicyclic) bond motifs is 1. The minimum atomic E-state index is -0.139. The van der Waals surface area contributed by atoms with Gasteiger partial charge in [-0.05, 0) is 31.2 Å². The fraction of sp³-hybridized carbons (Fsp3) is 0.200. The average molecular weight is 281 g/mol. The summed E-state index contributed by atoms with van der Waals surface area (Å²) in [5.74, 6) is -0.139. The summed E-state index contributed by atoms with van der Waals surface area (Å²) in [7, 11) is 0. The number of nitrogens with one attached hydrogen (secondary N) is 1. The second kappa shape index (κ2) is 5.70. The lowest BCUT2D eigenvalue weighted by atomic mass is 10.2. The zero-order valence-electron chi connectivity index (χ0n) is 11.6. The van der Waals surface area contributed by atoms with E-state index in [1.807, 2.05) is 31.2 Å². The Morgan fingerprint density at radius 3 is 2.95 bits per heavy atom. The minimum Gasteiger partial charge on any atom is -0.348 e. The molecule has 2 heterocycles. The zero-order valence-corrected chi connectivity index (χ0v) is 11.6. The van der Waals surface area contributed by atoms with Gasteiger partial charge in [-0.25, -0.2) is 4.68 Å². The molecule has 0 fully saturated rings. The van der Waals surface area contributed by atoms with Crippen LogP contribution in [0, 0.1) is 0 Å². The fourth-order valence-corrected chi connectivity index (χ4v) is 2.16. The quantitative estimate of drug-likeness (QED) is 0.789. The summed E-state index contributed by atoms with van der Waals surface area (Å²) >= 11 is 0. The highest BCUT2D eigenvalue weighted by atomic mass is 16.1. The van der Waals surface area contributed by atoms with Gasteiger partial charge in [0.05, 0.1) is 17.6 Å². The molecule has 1 aromatic carbocycles. The number of pyridine rings is 1. The third kappa shape index (κ3) is 2.89. The summed E-state index contributed by atoms with van der Waals surface area (Å²) in [6.45, 7) is 2.50. The summed E-state index contributed by atoms with van der Waals surface area (Å²) < 4.78 is 1.80. The van der Waals surface area contributed by atoms with Crippen LogP contribution >= 0.6 is 0 Å². The number of carbonyl (C=O) groups is 1. The second-order valence-corrected chi connectivity index (χ2v) is 4.88. The number of rotatable bonds is 4. The topological polar surface area (TPSA) is 72.7 Å². The van der Waals surface area contributed by atoms with Crippen molar-refractivity contribution in [1.82, 2.24) is 25.3 Å². The van der Waals surface area contributed by atoms with Crippen molar-refractivity contribution in [2.24, 2.45) is 0 Å². The van der Waals surface area contributed by atoms with Crippen molar-refractivity contribution >= 4 is 16.9 Å². The summed E-state index contributed by atoms with van der Waals surface area (Å²) in [4.78, 5) is 16.0. The molecule has 0 spiro atoms. The van der Waals surface area contributed by atoms with Gasteiger partial charge in [0.2, 0.25) is 0 Å². The fourth-order valence-electron chi connectivity index (χ4n) is 2.16. The van der Waals surface area contributed by atoms with Crippen LogP contribution < -0.4 is 5.32 Å². The third-order valence-corrected chi connectivity index (χ3v) is 3.17. The van der Waals surface area contributed by atoms with Gasteiger partial charge in [0.25, 0.3) is 5.91 Å². The van der Waals surface area contributed by atoms with E-state index in [4.69, 9.17) is 0 Å². The smallest absolute Gasteiger partial charge is 0.253 e. The Bertz CT molecular complexity index is 753. The molecule has 0 saturated heterocycles. The van der Waals surface area contributed by atoms with Gasteiger partial charge in [-0.15, -0.1) is 5.10 Å². The second-order valence-electron chi connectivity index (χ2n) is 4.88. The number of hydrogen-bond acceptors (Lipinski definition) is 4. The molecule has 0 saturated carbocycles. The number of nitrogens with zero attached hydrogens (tertiary/aromatic N) is 4. The highest BCUT2D eigenvalue weighted by Gasteiger charge is 2.12. The van der Waals surface area contributed by atoms with E-state index in [1.54, 1.807) is 29.2 Å². The first-order valence-corrected chi connectivity index (χ1v) is 6.73. The Hall–Kier alpha value is -2.76. The van der Waals surface area contributed by atoms with Crippen LogP contribution in [0.15, 0.2) is 48.8 Å². The Morgan fingerprint density at radius 2 is 2.14 bits per heavy atom. The SMILES string of the molecule is C[C@@H](Cn1nnc2ccccc21)NC(=O)c1cccnc1. The molecule has 106 valence electrons. The standard InChI is InChI=1S/C15H15N5O/c1-11(17-15(21)12-5-4-8-16-9-12)10-20-14-7-3-2-6-13(14)18-19-20/h2-9,11H,10H2,1H3,(H,17,21)/t11-/m0/s1. The average Bonchev–Trinajstić information content (AvgIpc) is 2.91. The molecule has 0 aliphatic carbocycles. The number of aromatic nitrogens is 4. The van der Waals surface area contributed by atoms with Crippen molar-refractivity contribution in [3.8, 4) is 0 Å². The highest BCUT2D eigenvalue weighted by Crippen LogP contribution is 2.10. The molecule has 0 bridgehead atoms. The van der Waals surface area contributed by atoms with Crippen LogP contribution in [-0.2, 0) is 6.54 Å². The van der Waals surface area contributed by atoms with Crippen molar-refractivity contribution < 1.29 is 4.79 Å². The Balaban J connectivity index is 1.69. The number of para-hydroxylation sites is 1. The molecule has 1 N–H and O–H groups in total. The lowest BCUT2D eigenvalue weighted by Crippen LogP contribution is -2.36. The van der Waals surface area contributed by atoms with Crippen LogP contribution in [0.3, 0.4) is 0 Å². The zero-order chi connectivity index (χ0) is 14.7. The van der Waals surface area contributed by atoms with Gasteiger partial charge < -0.3 is 5.32 Å². The summed E-state index contributed by atoms with van der Waals surface area (Å²) in [5.41, 5.74) is 2.36. The first-order chi connectivity index (χ1) is 10.2. The largest absolute Gasteiger partial charge is 0.348 e. The maximum absolute atomic E-state index is 12.1. The molecular weight excluding hydrogens is 266 g/mol. The molecule has 0 aliphatic heterocycles. The normalized spacial score (nSPS) is 12.2. The summed E-state index contributed by atoms with van der Waals surface area (Å²) in [5, 5.41) is 11.1. The van der Waals surface area contributed by atoms with Gasteiger partial charge in [-0.2, -0.15) is 0 Å². The Labute approximate surface area is 121 Å². The van der Waals surface area contributed by atoms with Crippen molar-refractivity contribution in [3.05, 3.63) is 54.4 Å². The van der Waals surface area contributed by atoms with Crippen LogP contribution in [0.25, 0.3) is 11.0 Å². The van der Waals surface area contributed by atoms with Crippen molar-refractivity contribution in [2.75, 3.05) is 0 Å². The Kier molecular flexibility index (Phi) is 3.59. The van der Waals surface area contributed by atoms with E-state index < -0.39 is 0 Å². The van der Waals surface area contributed by atoms with Gasteiger partial charge >= 0.3 is 0 Å². The van der Waals surface area contributed by atoms with Crippen LogP contribution in [0.4, 0.5) is 0 Å². The molecule has 3 aromatic rings. The van der Waals surface area contributed by atoms with Gasteiger partial charge in [-0.3, -0.25) is 9.78 Å². The number of amides is 1. The van der Waals surface area contributed by atoms with E-state index in [0.717, 1.165) is 11.0 Å². The van der Waals surface area contributed by atoms with Crippen LogP contribution in [0.1, 0.15) is 17.3 Å². The van der Waals surface area contributed by atoms with Crippen LogP contribution in [0.2, 0.25) is 0 Å². The molecule has 6 heteroatoms. The lowest BCUT2D eigenvalue weighted by molar-refractivity contribution is 0.0935. The van der Waals surface area contributed by atoms with Crippen molar-refractivity contribution in [1.29, 1.82) is 0 Å². The molecule has 3 rings (SSSR count). The molecule has 6 nitrogen and oxygen atoms in total. The van der Waals surface area contributed by atoms with Gasteiger partial charge in [0.15, 0.2) is 0 Å². The monoisotopic (exact) mass is 281 g/mol. The number of benzene rings is 1. The molecular formula is C15H15N5O. The lowest BCUT2D eigenvalue weighted by Gasteiger charge is -2.14. The molecule has 2 aromatic heterocycles. The van der Waals surface area contributed by atoms with E-state index in [1.165, 1.54) is 0 Å². The molecule has 0 aliphatic rings. The van der Waals surface area contributed by atoms with Gasteiger partial charge in [0.1, 0.15) is 5.52 Å². The predicted octanol–water partition coefficient (Wildman–Crippen LogP) is 1.64. The molecule has 1 atom stereocenters. The van der Waals surface area contributed by atoms with E-state index in [2.05, 4.69) is 20.6 Å². The predicted molar refractivity (Wildman–Crippen MR) is 78.7 cm³/mol. The Morgan fingerprint density at radius 1 is 1.29 bits per heavy atom.